The summed E-state index contributed by atoms with van der Waals surface area (Å²) in [7, 11) is -2.14. The Morgan fingerprint density at radius 1 is 0.867 bits per heavy atom. The van der Waals surface area contributed by atoms with Crippen LogP contribution in [0.2, 0.25) is 0 Å². The molecule has 0 unspecified atom stereocenters. The molecule has 1 aliphatic carbocycles. The lowest BCUT2D eigenvalue weighted by Crippen LogP contribution is -2.39. The van der Waals surface area contributed by atoms with E-state index in [1.807, 2.05) is 43.3 Å². The molecule has 1 aliphatic rings. The third kappa shape index (κ3) is 4.25. The molecule has 0 spiro atoms. The zero-order valence-corrected chi connectivity index (χ0v) is 17.6. The Kier molecular flexibility index (Phi) is 5.61. The number of hydrogen-bond donors (Lipinski definition) is 1. The van der Waals surface area contributed by atoms with Crippen molar-refractivity contribution in [2.24, 2.45) is 0 Å². The quantitative estimate of drug-likeness (QED) is 0.637. The van der Waals surface area contributed by atoms with Crippen molar-refractivity contribution in [1.29, 1.82) is 0 Å². The van der Waals surface area contributed by atoms with Crippen molar-refractivity contribution < 1.29 is 17.9 Å². The summed E-state index contributed by atoms with van der Waals surface area (Å²) in [5.41, 5.74) is 2.83. The van der Waals surface area contributed by atoms with Gasteiger partial charge >= 0.3 is 0 Å². The van der Waals surface area contributed by atoms with Gasteiger partial charge in [-0.1, -0.05) is 48.0 Å². The van der Waals surface area contributed by atoms with E-state index in [4.69, 9.17) is 9.47 Å². The van der Waals surface area contributed by atoms with Crippen molar-refractivity contribution in [3.05, 3.63) is 95.6 Å². The van der Waals surface area contributed by atoms with E-state index in [9.17, 15) is 8.42 Å². The first kappa shape index (κ1) is 20.2. The molecule has 4 rings (SSSR count). The molecule has 0 aromatic heterocycles. The number of methoxy groups -OCH3 is 1. The molecule has 2 atom stereocenters. The zero-order valence-electron chi connectivity index (χ0n) is 16.8. The molecule has 0 saturated heterocycles. The minimum absolute atomic E-state index is 0.225. The molecular weight excluding hydrogens is 398 g/mol. The van der Waals surface area contributed by atoms with Crippen LogP contribution in [0.4, 0.5) is 0 Å². The Balaban J connectivity index is 1.66. The Bertz CT molecular complexity index is 1150. The molecular formula is C24H23NO4S. The predicted octanol–water partition coefficient (Wildman–Crippen LogP) is 4.50. The number of hydrogen-bond acceptors (Lipinski definition) is 4. The normalized spacial score (nSPS) is 17.9. The maximum atomic E-state index is 13.1. The second-order valence-electron chi connectivity index (χ2n) is 7.16. The van der Waals surface area contributed by atoms with Gasteiger partial charge in [0, 0.05) is 0 Å². The van der Waals surface area contributed by atoms with E-state index in [0.29, 0.717) is 5.75 Å². The van der Waals surface area contributed by atoms with Crippen LogP contribution in [0.25, 0.3) is 6.08 Å². The second kappa shape index (κ2) is 8.34. The van der Waals surface area contributed by atoms with Crippen LogP contribution in [-0.2, 0) is 10.0 Å². The molecule has 0 aliphatic heterocycles. The van der Waals surface area contributed by atoms with Crippen molar-refractivity contribution >= 4 is 16.1 Å². The molecule has 0 bridgehead atoms. The fraction of sp³-hybridized carbons (Fsp3) is 0.167. The van der Waals surface area contributed by atoms with Crippen LogP contribution in [0.3, 0.4) is 0 Å². The van der Waals surface area contributed by atoms with E-state index >= 15 is 0 Å². The molecule has 5 nitrogen and oxygen atoms in total. The van der Waals surface area contributed by atoms with Gasteiger partial charge in [-0.05, 0) is 60.5 Å². The van der Waals surface area contributed by atoms with Crippen molar-refractivity contribution in [3.63, 3.8) is 0 Å². The van der Waals surface area contributed by atoms with E-state index in [-0.39, 0.29) is 4.90 Å². The lowest BCUT2D eigenvalue weighted by Gasteiger charge is -2.31. The Morgan fingerprint density at radius 3 is 2.23 bits per heavy atom. The van der Waals surface area contributed by atoms with Gasteiger partial charge in [0.2, 0.25) is 10.0 Å². The van der Waals surface area contributed by atoms with Crippen molar-refractivity contribution in [3.8, 4) is 11.5 Å². The highest BCUT2D eigenvalue weighted by Crippen LogP contribution is 2.32. The van der Waals surface area contributed by atoms with Crippen molar-refractivity contribution in [2.45, 2.75) is 24.0 Å². The summed E-state index contributed by atoms with van der Waals surface area (Å²) in [5.74, 6) is 1.35. The van der Waals surface area contributed by atoms with E-state index in [2.05, 4.69) is 4.72 Å². The molecule has 6 heteroatoms. The maximum absolute atomic E-state index is 13.1. The van der Waals surface area contributed by atoms with Gasteiger partial charge in [-0.15, -0.1) is 0 Å². The molecule has 30 heavy (non-hydrogen) atoms. The molecule has 3 aromatic carbocycles. The Hall–Kier alpha value is -3.09. The summed E-state index contributed by atoms with van der Waals surface area (Å²) in [6, 6.07) is 21.2. The monoisotopic (exact) mass is 421 g/mol. The van der Waals surface area contributed by atoms with Crippen LogP contribution in [0, 0.1) is 6.92 Å². The molecule has 1 N–H and O–H groups in total. The topological polar surface area (TPSA) is 64.6 Å². The van der Waals surface area contributed by atoms with Gasteiger partial charge in [-0.3, -0.25) is 0 Å². The Morgan fingerprint density at radius 2 is 1.53 bits per heavy atom. The standard InChI is InChI=1S/C24H23NO4S/c1-17-7-14-21(15-8-17)30(26,27)25-24-22-6-4-3-5-18(22)9-16-23(24)29-20-12-10-19(28-2)11-13-20/h3-16,23-25H,1-2H3/t23-,24-/m1/s1. The average molecular weight is 422 g/mol. The van der Waals surface area contributed by atoms with Crippen LogP contribution >= 0.6 is 0 Å². The highest BCUT2D eigenvalue weighted by molar-refractivity contribution is 7.89. The smallest absolute Gasteiger partial charge is 0.241 e. The molecule has 154 valence electrons. The molecule has 3 aromatic rings. The van der Waals surface area contributed by atoms with Gasteiger partial charge in [-0.2, -0.15) is 4.72 Å². The van der Waals surface area contributed by atoms with Crippen LogP contribution < -0.4 is 14.2 Å². The molecule has 0 heterocycles. The SMILES string of the molecule is COc1ccc(O[C@@H]2C=Cc3ccccc3[C@H]2NS(=O)(=O)c2ccc(C)cc2)cc1. The number of fused-ring (bicyclic) bond motifs is 1. The average Bonchev–Trinajstić information content (AvgIpc) is 2.76. The number of ether oxygens (including phenoxy) is 2. The minimum Gasteiger partial charge on any atom is -0.497 e. The largest absolute Gasteiger partial charge is 0.497 e. The third-order valence-corrected chi connectivity index (χ3v) is 6.53. The van der Waals surface area contributed by atoms with Crippen LogP contribution in [0.1, 0.15) is 22.7 Å². The van der Waals surface area contributed by atoms with Gasteiger partial charge in [-0.25, -0.2) is 8.42 Å². The number of nitrogens with one attached hydrogen (secondary N) is 1. The van der Waals surface area contributed by atoms with E-state index < -0.39 is 22.2 Å². The van der Waals surface area contributed by atoms with E-state index in [1.54, 1.807) is 55.6 Å². The summed E-state index contributed by atoms with van der Waals surface area (Å²) in [5, 5.41) is 0. The second-order valence-corrected chi connectivity index (χ2v) is 8.87. The van der Waals surface area contributed by atoms with Crippen LogP contribution in [0.5, 0.6) is 11.5 Å². The van der Waals surface area contributed by atoms with Gasteiger partial charge in [0.15, 0.2) is 0 Å². The van der Waals surface area contributed by atoms with Crippen LogP contribution in [-0.4, -0.2) is 21.6 Å². The predicted molar refractivity (Wildman–Crippen MR) is 117 cm³/mol. The fourth-order valence-corrected chi connectivity index (χ4v) is 4.66. The number of rotatable bonds is 6. The summed E-state index contributed by atoms with van der Waals surface area (Å²) in [6.45, 7) is 1.92. The molecule has 0 radical (unpaired) electrons. The number of sulfonamides is 1. The summed E-state index contributed by atoms with van der Waals surface area (Å²) >= 11 is 0. The maximum Gasteiger partial charge on any atom is 0.241 e. The summed E-state index contributed by atoms with van der Waals surface area (Å²) in [4.78, 5) is 0.225. The molecule has 0 amide bonds. The fourth-order valence-electron chi connectivity index (χ4n) is 3.43. The highest BCUT2D eigenvalue weighted by Gasteiger charge is 2.32. The van der Waals surface area contributed by atoms with Gasteiger partial charge in [0.1, 0.15) is 17.6 Å². The van der Waals surface area contributed by atoms with Gasteiger partial charge in [0.25, 0.3) is 0 Å². The first-order valence-corrected chi connectivity index (χ1v) is 11.1. The minimum atomic E-state index is -3.74. The third-order valence-electron chi connectivity index (χ3n) is 5.07. The molecule has 0 fully saturated rings. The van der Waals surface area contributed by atoms with E-state index in [1.165, 1.54) is 0 Å². The zero-order chi connectivity index (χ0) is 21.1. The first-order chi connectivity index (χ1) is 14.5. The van der Waals surface area contributed by atoms with Gasteiger partial charge in [0.05, 0.1) is 18.0 Å². The van der Waals surface area contributed by atoms with E-state index in [0.717, 1.165) is 22.4 Å². The van der Waals surface area contributed by atoms with Crippen molar-refractivity contribution in [1.82, 2.24) is 4.72 Å². The van der Waals surface area contributed by atoms with Gasteiger partial charge < -0.3 is 9.47 Å². The highest BCUT2D eigenvalue weighted by atomic mass is 32.2. The summed E-state index contributed by atoms with van der Waals surface area (Å²) in [6.07, 6.45) is 3.34. The molecule has 0 saturated carbocycles. The number of aryl methyl sites for hydroxylation is 1. The van der Waals surface area contributed by atoms with Crippen molar-refractivity contribution in [2.75, 3.05) is 7.11 Å². The van der Waals surface area contributed by atoms with Crippen LogP contribution in [0.15, 0.2) is 83.8 Å². The number of benzene rings is 3. The summed E-state index contributed by atoms with van der Waals surface area (Å²) < 4.78 is 40.4. The Labute approximate surface area is 177 Å². The first-order valence-electron chi connectivity index (χ1n) is 9.63. The lowest BCUT2D eigenvalue weighted by molar-refractivity contribution is 0.208. The lowest BCUT2D eigenvalue weighted by atomic mass is 9.91.